The second-order valence-electron chi connectivity index (χ2n) is 12.0. The van der Waals surface area contributed by atoms with E-state index >= 15 is 0 Å². The maximum atomic E-state index is 14.9. The van der Waals surface area contributed by atoms with Crippen LogP contribution in [0.5, 0.6) is 5.75 Å². The van der Waals surface area contributed by atoms with E-state index in [1.807, 2.05) is 0 Å². The molecule has 47 heavy (non-hydrogen) atoms. The highest BCUT2D eigenvalue weighted by molar-refractivity contribution is 6.30. The Hall–Kier alpha value is -3.21. The molecule has 16 heteroatoms. The molecule has 0 spiro atoms. The summed E-state index contributed by atoms with van der Waals surface area (Å²) in [5.41, 5.74) is -0.396. The lowest BCUT2D eigenvalue weighted by Crippen LogP contribution is -2.50. The average Bonchev–Trinajstić information content (AvgIpc) is 3.57. The molecule has 2 saturated heterocycles. The van der Waals surface area contributed by atoms with Gasteiger partial charge in [-0.15, -0.1) is 0 Å². The van der Waals surface area contributed by atoms with Crippen LogP contribution in [0.25, 0.3) is 0 Å². The number of hydrogen-bond donors (Lipinski definition) is 6. The number of hydrogen-bond acceptors (Lipinski definition) is 11. The smallest absolute Gasteiger partial charge is 0.227 e. The molecule has 2 aliphatic rings. The first-order valence-electron chi connectivity index (χ1n) is 15.7. The van der Waals surface area contributed by atoms with Crippen LogP contribution < -0.4 is 15.0 Å². The molecule has 3 heterocycles. The number of rotatable bonds is 15. The van der Waals surface area contributed by atoms with E-state index in [9.17, 15) is 38.8 Å². The van der Waals surface area contributed by atoms with Crippen molar-refractivity contribution < 1.29 is 48.6 Å². The molecule has 1 aromatic heterocycles. The van der Waals surface area contributed by atoms with Gasteiger partial charge in [0, 0.05) is 50.4 Å². The van der Waals surface area contributed by atoms with Gasteiger partial charge in [0.15, 0.2) is 0 Å². The van der Waals surface area contributed by atoms with Crippen molar-refractivity contribution in [3.05, 3.63) is 46.7 Å². The SMILES string of the molecule is O=C(NC[C@H](O)[C@@H](O)[C@H](O)[C@H](O)CO)[C@H]1CCN(C(=O)Cc2c(F)cc(OCCCC3CCN(c4ncc(Cl)cn4)CC3)cc2F)C1. The number of aliphatic hydroxyl groups is 5. The summed E-state index contributed by atoms with van der Waals surface area (Å²) < 4.78 is 35.3. The Morgan fingerprint density at radius 2 is 1.64 bits per heavy atom. The predicted octanol–water partition coefficient (Wildman–Crippen LogP) is 0.427. The fourth-order valence-corrected chi connectivity index (χ4v) is 5.88. The molecule has 260 valence electrons. The summed E-state index contributed by atoms with van der Waals surface area (Å²) in [7, 11) is 0. The normalized spacial score (nSPS) is 19.7. The number of carbonyl (C=O) groups excluding carboxylic acids is 2. The van der Waals surface area contributed by atoms with Crippen molar-refractivity contribution in [2.75, 3.05) is 50.8 Å². The molecule has 6 N–H and O–H groups in total. The Kier molecular flexibility index (Phi) is 13.5. The van der Waals surface area contributed by atoms with E-state index in [1.165, 1.54) is 4.90 Å². The first-order chi connectivity index (χ1) is 22.5. The van der Waals surface area contributed by atoms with Gasteiger partial charge >= 0.3 is 0 Å². The molecule has 5 atom stereocenters. The summed E-state index contributed by atoms with van der Waals surface area (Å²) in [6.07, 6.45) is -0.521. The number of nitrogens with one attached hydrogen (secondary N) is 1. The molecule has 2 amide bonds. The Morgan fingerprint density at radius 3 is 2.28 bits per heavy atom. The number of amides is 2. The molecule has 4 rings (SSSR count). The number of likely N-dealkylation sites (tertiary alicyclic amines) is 1. The van der Waals surface area contributed by atoms with Crippen LogP contribution >= 0.6 is 11.6 Å². The van der Waals surface area contributed by atoms with Gasteiger partial charge in [0.2, 0.25) is 17.8 Å². The minimum atomic E-state index is -1.83. The third-order valence-corrected chi connectivity index (χ3v) is 8.89. The van der Waals surface area contributed by atoms with Gasteiger partial charge in [0.05, 0.1) is 49.1 Å². The number of ether oxygens (including phenoxy) is 1. The van der Waals surface area contributed by atoms with E-state index in [-0.39, 0.29) is 31.9 Å². The molecule has 0 aliphatic carbocycles. The van der Waals surface area contributed by atoms with Gasteiger partial charge in [-0.1, -0.05) is 11.6 Å². The Labute approximate surface area is 276 Å². The van der Waals surface area contributed by atoms with Crippen molar-refractivity contribution >= 4 is 29.4 Å². The third-order valence-electron chi connectivity index (χ3n) is 8.69. The number of nitrogens with zero attached hydrogens (tertiary/aromatic N) is 4. The first kappa shape index (κ1) is 36.6. The third kappa shape index (κ3) is 10.1. The quantitative estimate of drug-likeness (QED) is 0.143. The topological polar surface area (TPSA) is 189 Å². The Morgan fingerprint density at radius 1 is 1.00 bits per heavy atom. The van der Waals surface area contributed by atoms with Gasteiger partial charge in [-0.05, 0) is 38.0 Å². The molecular formula is C31H42ClF2N5O8. The van der Waals surface area contributed by atoms with Crippen LogP contribution in [0.3, 0.4) is 0 Å². The second-order valence-corrected chi connectivity index (χ2v) is 12.5. The lowest BCUT2D eigenvalue weighted by molar-refractivity contribution is -0.131. The predicted molar refractivity (Wildman–Crippen MR) is 166 cm³/mol. The number of halogens is 3. The number of aliphatic hydroxyl groups excluding tert-OH is 5. The minimum Gasteiger partial charge on any atom is -0.493 e. The average molecular weight is 686 g/mol. The molecule has 2 aliphatic heterocycles. The van der Waals surface area contributed by atoms with Crippen molar-refractivity contribution in [1.29, 1.82) is 0 Å². The molecule has 1 aromatic carbocycles. The van der Waals surface area contributed by atoms with Gasteiger partial charge in [0.1, 0.15) is 35.7 Å². The largest absolute Gasteiger partial charge is 0.493 e. The zero-order valence-corrected chi connectivity index (χ0v) is 26.6. The van der Waals surface area contributed by atoms with Gasteiger partial charge in [-0.25, -0.2) is 18.7 Å². The van der Waals surface area contributed by atoms with Crippen molar-refractivity contribution in [3.8, 4) is 5.75 Å². The van der Waals surface area contributed by atoms with Crippen LogP contribution in [0.1, 0.15) is 37.7 Å². The van der Waals surface area contributed by atoms with E-state index in [0.29, 0.717) is 23.3 Å². The minimum absolute atomic E-state index is 0.00642. The number of aromatic nitrogens is 2. The summed E-state index contributed by atoms with van der Waals surface area (Å²) in [5, 5.41) is 50.7. The molecule has 0 unspecified atom stereocenters. The van der Waals surface area contributed by atoms with Crippen LogP contribution in [0.2, 0.25) is 5.02 Å². The Balaban J connectivity index is 1.16. The van der Waals surface area contributed by atoms with Crippen molar-refractivity contribution in [2.45, 2.75) is 62.9 Å². The summed E-state index contributed by atoms with van der Waals surface area (Å²) in [6.45, 7) is 0.834. The van der Waals surface area contributed by atoms with E-state index in [0.717, 1.165) is 44.5 Å². The molecule has 2 aromatic rings. The summed E-state index contributed by atoms with van der Waals surface area (Å²) in [6, 6.07) is 2.12. The summed E-state index contributed by atoms with van der Waals surface area (Å²) in [4.78, 5) is 37.3. The highest BCUT2D eigenvalue weighted by atomic mass is 35.5. The Bertz CT molecular complexity index is 1310. The van der Waals surface area contributed by atoms with E-state index < -0.39 is 78.9 Å². The van der Waals surface area contributed by atoms with Crippen LogP contribution in [-0.2, 0) is 16.0 Å². The fraction of sp³-hybridized carbons (Fsp3) is 0.613. The molecule has 0 bridgehead atoms. The van der Waals surface area contributed by atoms with Crippen LogP contribution in [-0.4, -0.2) is 123 Å². The highest BCUT2D eigenvalue weighted by Crippen LogP contribution is 2.26. The zero-order chi connectivity index (χ0) is 34.1. The standard InChI is InChI=1S/C31H42ClF2N5O8/c32-20-13-36-31(37-14-20)38-6-3-18(4-7-38)2-1-9-47-21-10-23(33)22(24(34)11-21)12-27(43)39-8-5-19(16-39)30(46)35-15-25(41)28(44)29(45)26(42)17-40/h10-11,13-14,18-19,25-26,28-29,40-42,44-45H,1-9,12,15-17H2,(H,35,46)/t19-,25-,26+,28+,29+/m0/s1. The van der Waals surface area contributed by atoms with Gasteiger partial charge in [-0.3, -0.25) is 9.59 Å². The van der Waals surface area contributed by atoms with E-state index in [1.54, 1.807) is 12.4 Å². The number of anilines is 1. The molecular weight excluding hydrogens is 644 g/mol. The summed E-state index contributed by atoms with van der Waals surface area (Å²) in [5.74, 6) is -2.37. The number of carbonyl (C=O) groups is 2. The molecule has 13 nitrogen and oxygen atoms in total. The van der Waals surface area contributed by atoms with Crippen LogP contribution in [0, 0.1) is 23.5 Å². The van der Waals surface area contributed by atoms with Crippen molar-refractivity contribution in [2.24, 2.45) is 11.8 Å². The molecule has 2 fully saturated rings. The van der Waals surface area contributed by atoms with Crippen LogP contribution in [0.15, 0.2) is 24.5 Å². The maximum Gasteiger partial charge on any atom is 0.227 e. The lowest BCUT2D eigenvalue weighted by atomic mass is 9.92. The zero-order valence-electron chi connectivity index (χ0n) is 25.8. The second kappa shape index (κ2) is 17.3. The van der Waals surface area contributed by atoms with Gasteiger partial charge < -0.3 is 45.4 Å². The number of benzene rings is 1. The van der Waals surface area contributed by atoms with Gasteiger partial charge in [-0.2, -0.15) is 0 Å². The molecule has 0 saturated carbocycles. The highest BCUT2D eigenvalue weighted by Gasteiger charge is 2.34. The monoisotopic (exact) mass is 685 g/mol. The molecule has 0 radical (unpaired) electrons. The van der Waals surface area contributed by atoms with Gasteiger partial charge in [0.25, 0.3) is 0 Å². The lowest BCUT2D eigenvalue weighted by Gasteiger charge is -2.31. The fourth-order valence-electron chi connectivity index (χ4n) is 5.78. The van der Waals surface area contributed by atoms with E-state index in [4.69, 9.17) is 21.4 Å². The first-order valence-corrected chi connectivity index (χ1v) is 16.1. The van der Waals surface area contributed by atoms with Crippen molar-refractivity contribution in [3.63, 3.8) is 0 Å². The summed E-state index contributed by atoms with van der Waals surface area (Å²) >= 11 is 5.86. The van der Waals surface area contributed by atoms with Crippen LogP contribution in [0.4, 0.5) is 14.7 Å². The number of piperidine rings is 1. The van der Waals surface area contributed by atoms with E-state index in [2.05, 4.69) is 20.2 Å². The maximum absolute atomic E-state index is 14.9. The van der Waals surface area contributed by atoms with Crippen molar-refractivity contribution in [1.82, 2.24) is 20.2 Å².